The predicted octanol–water partition coefficient (Wildman–Crippen LogP) is 3.80. The first-order chi connectivity index (χ1) is 9.00. The normalized spacial score (nSPS) is 11.1. The molecule has 0 bridgehead atoms. The van der Waals surface area contributed by atoms with Crippen LogP contribution >= 0.6 is 23.2 Å². The molecule has 0 spiro atoms. The number of aliphatic hydroxyl groups excluding tert-OH is 1. The Bertz CT molecular complexity index is 512. The molecule has 100 valence electrons. The molecule has 0 aromatic heterocycles. The summed E-state index contributed by atoms with van der Waals surface area (Å²) in [7, 11) is 0. The van der Waals surface area contributed by atoms with Crippen molar-refractivity contribution >= 4 is 29.2 Å². The first-order valence-electron chi connectivity index (χ1n) is 5.37. The Morgan fingerprint density at radius 2 is 1.37 bits per heavy atom. The molecule has 2 rings (SSSR count). The summed E-state index contributed by atoms with van der Waals surface area (Å²) in [4.78, 5) is 10.3. The molecular weight excluding hydrogens is 287 g/mol. The zero-order valence-electron chi connectivity index (χ0n) is 9.83. The average Bonchev–Trinajstić information content (AvgIpc) is 2.40. The zero-order chi connectivity index (χ0) is 14.3. The van der Waals surface area contributed by atoms with Gasteiger partial charge in [-0.05, 0) is 29.8 Å². The van der Waals surface area contributed by atoms with Crippen LogP contribution in [0.3, 0.4) is 0 Å². The highest BCUT2D eigenvalue weighted by Gasteiger charge is 2.14. The minimum absolute atomic E-state index is 0.326. The van der Waals surface area contributed by atoms with E-state index >= 15 is 0 Å². The summed E-state index contributed by atoms with van der Waals surface area (Å²) in [6.07, 6.45) is -1.47. The van der Waals surface area contributed by atoms with Crippen molar-refractivity contribution in [2.75, 3.05) is 0 Å². The number of carbonyl (C=O) groups is 1. The third kappa shape index (κ3) is 5.75. The summed E-state index contributed by atoms with van der Waals surface area (Å²) in [6, 6.07) is 15.5. The van der Waals surface area contributed by atoms with E-state index in [1.165, 1.54) is 24.3 Å². The van der Waals surface area contributed by atoms with E-state index in [9.17, 15) is 4.79 Å². The molecule has 0 aliphatic carbocycles. The summed E-state index contributed by atoms with van der Waals surface area (Å²) in [5, 5.41) is 18.8. The van der Waals surface area contributed by atoms with Gasteiger partial charge in [0.1, 0.15) is 0 Å². The van der Waals surface area contributed by atoms with Crippen LogP contribution in [-0.4, -0.2) is 16.2 Å². The molecule has 2 aromatic carbocycles. The van der Waals surface area contributed by atoms with Crippen molar-refractivity contribution in [1.82, 2.24) is 0 Å². The number of hydrogen-bond donors (Lipinski definition) is 2. The van der Waals surface area contributed by atoms with Crippen molar-refractivity contribution in [2.24, 2.45) is 0 Å². The summed E-state index contributed by atoms with van der Waals surface area (Å²) < 4.78 is 0. The first-order valence-corrected chi connectivity index (χ1v) is 6.13. The van der Waals surface area contributed by atoms with Crippen LogP contribution in [0.1, 0.15) is 11.7 Å². The van der Waals surface area contributed by atoms with Gasteiger partial charge in [0.15, 0.2) is 6.10 Å². The molecule has 0 saturated heterocycles. The Hall–Kier alpha value is -1.55. The number of halogens is 2. The standard InChI is InChI=1S/C8H7ClO3.C6H5Cl/c9-6-3-1-5(2-4-6)7(10)8(11)12;7-6-4-2-1-3-5-6/h1-4,7,10H,(H,11,12);1-5H. The van der Waals surface area contributed by atoms with Gasteiger partial charge in [0, 0.05) is 10.0 Å². The molecular formula is C14H12Cl2O3. The second-order valence-electron chi connectivity index (χ2n) is 3.59. The second-order valence-corrected chi connectivity index (χ2v) is 4.46. The van der Waals surface area contributed by atoms with Crippen LogP contribution in [0.4, 0.5) is 0 Å². The third-order valence-corrected chi connectivity index (χ3v) is 2.66. The number of benzene rings is 2. The first kappa shape index (κ1) is 15.5. The predicted molar refractivity (Wildman–Crippen MR) is 75.5 cm³/mol. The largest absolute Gasteiger partial charge is 0.479 e. The fourth-order valence-corrected chi connectivity index (χ4v) is 1.47. The van der Waals surface area contributed by atoms with Crippen molar-refractivity contribution in [3.8, 4) is 0 Å². The number of carboxylic acid groups (broad SMARTS) is 1. The number of hydrogen-bond acceptors (Lipinski definition) is 2. The van der Waals surface area contributed by atoms with Crippen LogP contribution in [0, 0.1) is 0 Å². The quantitative estimate of drug-likeness (QED) is 0.886. The van der Waals surface area contributed by atoms with Gasteiger partial charge in [0.05, 0.1) is 0 Å². The van der Waals surface area contributed by atoms with Crippen molar-refractivity contribution in [3.63, 3.8) is 0 Å². The topological polar surface area (TPSA) is 57.5 Å². The van der Waals surface area contributed by atoms with Gasteiger partial charge >= 0.3 is 5.97 Å². The maximum Gasteiger partial charge on any atom is 0.337 e. The SMILES string of the molecule is Clc1ccccc1.O=C(O)C(O)c1ccc(Cl)cc1. The molecule has 0 amide bonds. The maximum atomic E-state index is 10.3. The van der Waals surface area contributed by atoms with Gasteiger partial charge in [-0.15, -0.1) is 0 Å². The molecule has 1 unspecified atom stereocenters. The van der Waals surface area contributed by atoms with Gasteiger partial charge in [0.2, 0.25) is 0 Å². The Labute approximate surface area is 121 Å². The average molecular weight is 299 g/mol. The van der Waals surface area contributed by atoms with E-state index in [1.54, 1.807) is 0 Å². The zero-order valence-corrected chi connectivity index (χ0v) is 11.3. The van der Waals surface area contributed by atoms with Crippen molar-refractivity contribution in [1.29, 1.82) is 0 Å². The molecule has 3 nitrogen and oxygen atoms in total. The van der Waals surface area contributed by atoms with Crippen molar-refractivity contribution in [2.45, 2.75) is 6.10 Å². The lowest BCUT2D eigenvalue weighted by Crippen LogP contribution is -2.09. The van der Waals surface area contributed by atoms with E-state index < -0.39 is 12.1 Å². The van der Waals surface area contributed by atoms with Crippen LogP contribution in [0.2, 0.25) is 10.0 Å². The van der Waals surface area contributed by atoms with Gasteiger partial charge < -0.3 is 10.2 Å². The lowest BCUT2D eigenvalue weighted by atomic mass is 10.1. The smallest absolute Gasteiger partial charge is 0.337 e. The lowest BCUT2D eigenvalue weighted by molar-refractivity contribution is -0.146. The van der Waals surface area contributed by atoms with Crippen LogP contribution in [0.25, 0.3) is 0 Å². The fourth-order valence-electron chi connectivity index (χ4n) is 1.20. The second kappa shape index (κ2) is 7.79. The van der Waals surface area contributed by atoms with Crippen LogP contribution in [-0.2, 0) is 4.79 Å². The number of aliphatic hydroxyl groups is 1. The molecule has 2 N–H and O–H groups in total. The highest BCUT2D eigenvalue weighted by Crippen LogP contribution is 2.16. The summed E-state index contributed by atoms with van der Waals surface area (Å²) in [5.41, 5.74) is 0.326. The number of rotatable bonds is 2. The minimum Gasteiger partial charge on any atom is -0.479 e. The van der Waals surface area contributed by atoms with Gasteiger partial charge in [-0.25, -0.2) is 4.79 Å². The van der Waals surface area contributed by atoms with Gasteiger partial charge in [-0.2, -0.15) is 0 Å². The number of aliphatic carboxylic acids is 1. The van der Waals surface area contributed by atoms with Crippen molar-refractivity contribution in [3.05, 3.63) is 70.2 Å². The molecule has 0 saturated carbocycles. The Morgan fingerprint density at radius 3 is 1.74 bits per heavy atom. The lowest BCUT2D eigenvalue weighted by Gasteiger charge is -2.04. The van der Waals surface area contributed by atoms with Gasteiger partial charge in [-0.1, -0.05) is 53.5 Å². The molecule has 0 fully saturated rings. The van der Waals surface area contributed by atoms with E-state index in [2.05, 4.69) is 0 Å². The Balaban J connectivity index is 0.000000218. The summed E-state index contributed by atoms with van der Waals surface area (Å²) in [5.74, 6) is -1.27. The number of carboxylic acids is 1. The maximum absolute atomic E-state index is 10.3. The molecule has 19 heavy (non-hydrogen) atoms. The summed E-state index contributed by atoms with van der Waals surface area (Å²) in [6.45, 7) is 0. The molecule has 0 radical (unpaired) electrons. The molecule has 2 aromatic rings. The molecule has 0 aliphatic rings. The van der Waals surface area contributed by atoms with Crippen LogP contribution < -0.4 is 0 Å². The Kier molecular flexibility index (Phi) is 6.36. The fraction of sp³-hybridized carbons (Fsp3) is 0.0714. The third-order valence-electron chi connectivity index (χ3n) is 2.15. The highest BCUT2D eigenvalue weighted by atomic mass is 35.5. The molecule has 5 heteroatoms. The highest BCUT2D eigenvalue weighted by molar-refractivity contribution is 6.30. The molecule has 0 heterocycles. The Morgan fingerprint density at radius 1 is 0.895 bits per heavy atom. The minimum atomic E-state index is -1.47. The van der Waals surface area contributed by atoms with E-state index in [1.807, 2.05) is 30.3 Å². The van der Waals surface area contributed by atoms with E-state index in [4.69, 9.17) is 33.4 Å². The van der Waals surface area contributed by atoms with Gasteiger partial charge in [-0.3, -0.25) is 0 Å². The summed E-state index contributed by atoms with van der Waals surface area (Å²) >= 11 is 11.1. The van der Waals surface area contributed by atoms with Crippen molar-refractivity contribution < 1.29 is 15.0 Å². The van der Waals surface area contributed by atoms with E-state index in [-0.39, 0.29) is 0 Å². The molecule has 0 aliphatic heterocycles. The molecule has 1 atom stereocenters. The van der Waals surface area contributed by atoms with Gasteiger partial charge in [0.25, 0.3) is 0 Å². The monoisotopic (exact) mass is 298 g/mol. The van der Waals surface area contributed by atoms with Crippen LogP contribution in [0.5, 0.6) is 0 Å². The van der Waals surface area contributed by atoms with Crippen LogP contribution in [0.15, 0.2) is 54.6 Å². The van der Waals surface area contributed by atoms with E-state index in [0.717, 1.165) is 5.02 Å². The van der Waals surface area contributed by atoms with E-state index in [0.29, 0.717) is 10.6 Å².